The molecule has 0 fully saturated rings. The molecule has 0 aromatic heterocycles. The molecule has 1 atom stereocenters. The smallest absolute Gasteiger partial charge is 0.194 e. The molecule has 0 unspecified atom stereocenters. The van der Waals surface area contributed by atoms with Crippen LogP contribution in [-0.4, -0.2) is 10.9 Å². The number of hydrogen-bond acceptors (Lipinski definition) is 2. The molecule has 4 rings (SSSR count). The van der Waals surface area contributed by atoms with Gasteiger partial charge in [-0.25, -0.2) is 0 Å². The first-order valence-corrected chi connectivity index (χ1v) is 7.17. The van der Waals surface area contributed by atoms with E-state index >= 15 is 0 Å². The van der Waals surface area contributed by atoms with Crippen LogP contribution in [0.5, 0.6) is 0 Å². The summed E-state index contributed by atoms with van der Waals surface area (Å²) in [6.45, 7) is 0. The summed E-state index contributed by atoms with van der Waals surface area (Å²) < 4.78 is 0. The summed E-state index contributed by atoms with van der Waals surface area (Å²) in [6, 6.07) is 17.4. The molecule has 1 aliphatic carbocycles. The van der Waals surface area contributed by atoms with Crippen molar-refractivity contribution in [1.82, 2.24) is 10.6 Å². The second-order valence-electron chi connectivity index (χ2n) is 5.11. The van der Waals surface area contributed by atoms with Crippen LogP contribution in [0.15, 0.2) is 60.2 Å². The maximum atomic E-state index is 12.7. The fourth-order valence-electron chi connectivity index (χ4n) is 2.96. The molecule has 21 heavy (non-hydrogen) atoms. The molecule has 2 aromatic rings. The van der Waals surface area contributed by atoms with Gasteiger partial charge >= 0.3 is 0 Å². The molecular formula is C17H12N2OS. The Labute approximate surface area is 127 Å². The molecule has 0 saturated heterocycles. The topological polar surface area (TPSA) is 41.1 Å². The molecular weight excluding hydrogens is 280 g/mol. The molecule has 3 nitrogen and oxygen atoms in total. The number of Topliss-reactive ketones (excluding diaryl/α,β-unsaturated/α-hetero) is 1. The third kappa shape index (κ3) is 1.80. The lowest BCUT2D eigenvalue weighted by Crippen LogP contribution is -2.43. The van der Waals surface area contributed by atoms with Gasteiger partial charge in [-0.2, -0.15) is 0 Å². The van der Waals surface area contributed by atoms with E-state index in [4.69, 9.17) is 12.2 Å². The number of rotatable bonds is 1. The minimum Gasteiger partial charge on any atom is -0.351 e. The number of fused-ring (bicyclic) bond motifs is 2. The molecule has 1 heterocycles. The molecule has 0 saturated carbocycles. The molecule has 102 valence electrons. The summed E-state index contributed by atoms with van der Waals surface area (Å²) >= 11 is 5.31. The highest BCUT2D eigenvalue weighted by Gasteiger charge is 2.38. The van der Waals surface area contributed by atoms with Gasteiger partial charge in [-0.1, -0.05) is 54.6 Å². The Kier molecular flexibility index (Phi) is 2.65. The van der Waals surface area contributed by atoms with Gasteiger partial charge in [0.25, 0.3) is 0 Å². The fraction of sp³-hybridized carbons (Fsp3) is 0.0588. The SMILES string of the molecule is O=C1C2=C(NC(=S)N[C@@H]2c2ccccc2)c2ccccc21. The predicted molar refractivity (Wildman–Crippen MR) is 85.7 cm³/mol. The number of hydrogen-bond donors (Lipinski definition) is 2. The van der Waals surface area contributed by atoms with E-state index in [0.717, 1.165) is 28.0 Å². The third-order valence-corrected chi connectivity index (χ3v) is 4.11. The van der Waals surface area contributed by atoms with Gasteiger partial charge in [-0.15, -0.1) is 0 Å². The molecule has 2 N–H and O–H groups in total. The van der Waals surface area contributed by atoms with Crippen LogP contribution in [0.25, 0.3) is 5.70 Å². The van der Waals surface area contributed by atoms with Crippen molar-refractivity contribution in [3.05, 3.63) is 76.9 Å². The van der Waals surface area contributed by atoms with E-state index < -0.39 is 0 Å². The zero-order valence-corrected chi connectivity index (χ0v) is 11.9. The van der Waals surface area contributed by atoms with Crippen molar-refractivity contribution in [3.8, 4) is 0 Å². The Morgan fingerprint density at radius 3 is 2.33 bits per heavy atom. The summed E-state index contributed by atoms with van der Waals surface area (Å²) in [5.41, 5.74) is 4.30. The minimum atomic E-state index is -0.199. The van der Waals surface area contributed by atoms with Crippen molar-refractivity contribution in [3.63, 3.8) is 0 Å². The maximum absolute atomic E-state index is 12.7. The van der Waals surface area contributed by atoms with Gasteiger partial charge < -0.3 is 10.6 Å². The first kappa shape index (κ1) is 12.3. The van der Waals surface area contributed by atoms with E-state index in [9.17, 15) is 4.79 Å². The van der Waals surface area contributed by atoms with E-state index in [1.54, 1.807) is 0 Å². The van der Waals surface area contributed by atoms with E-state index in [2.05, 4.69) is 10.6 Å². The zero-order chi connectivity index (χ0) is 14.4. The van der Waals surface area contributed by atoms with Crippen molar-refractivity contribution in [2.75, 3.05) is 0 Å². The summed E-state index contributed by atoms with van der Waals surface area (Å²) in [4.78, 5) is 12.7. The van der Waals surface area contributed by atoms with Gasteiger partial charge in [0.2, 0.25) is 0 Å². The standard InChI is InChI=1S/C17H12N2OS/c20-16-12-9-5-4-8-11(12)15-13(16)14(18-17(21)19-15)10-6-2-1-3-7-10/h1-9,14H,(H2,18,19,21)/t14-/m1/s1. The van der Waals surface area contributed by atoms with Gasteiger partial charge in [-0.05, 0) is 17.8 Å². The van der Waals surface area contributed by atoms with Crippen molar-refractivity contribution in [1.29, 1.82) is 0 Å². The van der Waals surface area contributed by atoms with Gasteiger partial charge in [0.1, 0.15) is 0 Å². The summed E-state index contributed by atoms with van der Waals surface area (Å²) in [7, 11) is 0. The van der Waals surface area contributed by atoms with Crippen molar-refractivity contribution in [2.45, 2.75) is 6.04 Å². The highest BCUT2D eigenvalue weighted by atomic mass is 32.1. The normalized spacial score (nSPS) is 19.7. The molecule has 0 spiro atoms. The second kappa shape index (κ2) is 4.53. The lowest BCUT2D eigenvalue weighted by Gasteiger charge is -2.28. The summed E-state index contributed by atoms with van der Waals surface area (Å²) in [5.74, 6) is 0.0666. The number of carbonyl (C=O) groups excluding carboxylic acids is 1. The van der Waals surface area contributed by atoms with E-state index in [1.165, 1.54) is 0 Å². The lowest BCUT2D eigenvalue weighted by molar-refractivity contribution is 0.103. The molecule has 0 amide bonds. The Balaban J connectivity index is 1.91. The molecule has 4 heteroatoms. The van der Waals surface area contributed by atoms with Gasteiger partial charge in [0, 0.05) is 11.1 Å². The first-order valence-electron chi connectivity index (χ1n) is 6.76. The van der Waals surface area contributed by atoms with Crippen LogP contribution in [-0.2, 0) is 0 Å². The maximum Gasteiger partial charge on any atom is 0.194 e. The monoisotopic (exact) mass is 292 g/mol. The Bertz CT molecular complexity index is 795. The number of benzene rings is 2. The largest absolute Gasteiger partial charge is 0.351 e. The number of carbonyl (C=O) groups is 1. The van der Waals surface area contributed by atoms with Crippen molar-refractivity contribution in [2.24, 2.45) is 0 Å². The summed E-state index contributed by atoms with van der Waals surface area (Å²) in [6.07, 6.45) is 0. The van der Waals surface area contributed by atoms with Gasteiger partial charge in [-0.3, -0.25) is 4.79 Å². The van der Waals surface area contributed by atoms with Crippen LogP contribution < -0.4 is 10.6 Å². The Morgan fingerprint density at radius 1 is 0.905 bits per heavy atom. The van der Waals surface area contributed by atoms with Crippen molar-refractivity contribution < 1.29 is 4.79 Å². The van der Waals surface area contributed by atoms with E-state index in [-0.39, 0.29) is 11.8 Å². The molecule has 0 radical (unpaired) electrons. The average Bonchev–Trinajstić information content (AvgIpc) is 2.81. The van der Waals surface area contributed by atoms with Gasteiger partial charge in [0.15, 0.2) is 10.9 Å². The van der Waals surface area contributed by atoms with Crippen LogP contribution in [0.2, 0.25) is 0 Å². The third-order valence-electron chi connectivity index (χ3n) is 3.89. The molecule has 2 aliphatic rings. The highest BCUT2D eigenvalue weighted by molar-refractivity contribution is 7.80. The number of ketones is 1. The average molecular weight is 292 g/mol. The first-order chi connectivity index (χ1) is 10.3. The van der Waals surface area contributed by atoms with Crippen molar-refractivity contribution >= 4 is 28.8 Å². The van der Waals surface area contributed by atoms with Crippen LogP contribution in [0, 0.1) is 0 Å². The Morgan fingerprint density at radius 2 is 1.57 bits per heavy atom. The molecule has 2 aromatic carbocycles. The molecule has 0 bridgehead atoms. The van der Waals surface area contributed by atoms with Crippen LogP contribution in [0.1, 0.15) is 27.5 Å². The second-order valence-corrected chi connectivity index (χ2v) is 5.51. The van der Waals surface area contributed by atoms with Crippen LogP contribution in [0.4, 0.5) is 0 Å². The quantitative estimate of drug-likeness (QED) is 0.793. The number of thiocarbonyl (C=S) groups is 1. The molecule has 1 aliphatic heterocycles. The Hall–Kier alpha value is -2.46. The summed E-state index contributed by atoms with van der Waals surface area (Å²) in [5, 5.41) is 6.90. The minimum absolute atomic E-state index is 0.0666. The fourth-order valence-corrected chi connectivity index (χ4v) is 3.18. The van der Waals surface area contributed by atoms with E-state index in [0.29, 0.717) is 5.11 Å². The van der Waals surface area contributed by atoms with E-state index in [1.807, 2.05) is 54.6 Å². The predicted octanol–water partition coefficient (Wildman–Crippen LogP) is 2.81. The lowest BCUT2D eigenvalue weighted by atomic mass is 9.94. The zero-order valence-electron chi connectivity index (χ0n) is 11.1. The van der Waals surface area contributed by atoms with Crippen LogP contribution >= 0.6 is 12.2 Å². The van der Waals surface area contributed by atoms with Crippen LogP contribution in [0.3, 0.4) is 0 Å². The number of nitrogens with one attached hydrogen (secondary N) is 2. The van der Waals surface area contributed by atoms with Gasteiger partial charge in [0.05, 0.1) is 17.3 Å². The highest BCUT2D eigenvalue weighted by Crippen LogP contribution is 2.39.